The van der Waals surface area contributed by atoms with E-state index in [1.807, 2.05) is 0 Å². The van der Waals surface area contributed by atoms with Crippen LogP contribution in [0.4, 0.5) is 5.69 Å². The molecule has 2 amide bonds. The van der Waals surface area contributed by atoms with Crippen LogP contribution in [0.1, 0.15) is 40.5 Å². The molecule has 0 unspecified atom stereocenters. The molecular formula is C14H17N3O4. The first-order valence-corrected chi connectivity index (χ1v) is 6.91. The smallest absolute Gasteiger partial charge is 0.270 e. The summed E-state index contributed by atoms with van der Waals surface area (Å²) in [5.74, 6) is -0.824. The molecule has 7 heteroatoms. The van der Waals surface area contributed by atoms with E-state index in [-0.39, 0.29) is 22.7 Å². The first-order chi connectivity index (χ1) is 10.1. The summed E-state index contributed by atoms with van der Waals surface area (Å²) < 4.78 is 0. The number of nitro benzene ring substituents is 1. The Morgan fingerprint density at radius 3 is 2.57 bits per heavy atom. The van der Waals surface area contributed by atoms with Crippen LogP contribution in [0.25, 0.3) is 0 Å². The number of amides is 2. The third-order valence-corrected chi connectivity index (χ3v) is 3.33. The molecular weight excluding hydrogens is 274 g/mol. The fourth-order valence-electron chi connectivity index (χ4n) is 2.26. The van der Waals surface area contributed by atoms with E-state index in [0.29, 0.717) is 13.0 Å². The highest BCUT2D eigenvalue weighted by molar-refractivity contribution is 6.21. The van der Waals surface area contributed by atoms with Crippen LogP contribution in [0.15, 0.2) is 18.2 Å². The van der Waals surface area contributed by atoms with Crippen LogP contribution in [0.2, 0.25) is 0 Å². The molecule has 0 saturated heterocycles. The van der Waals surface area contributed by atoms with Gasteiger partial charge in [0.15, 0.2) is 0 Å². The number of carbonyl (C=O) groups excluding carboxylic acids is 2. The molecule has 0 bridgehead atoms. The fraction of sp³-hybridized carbons (Fsp3) is 0.429. The van der Waals surface area contributed by atoms with Crippen molar-refractivity contribution in [2.24, 2.45) is 0 Å². The molecule has 2 rings (SSSR count). The van der Waals surface area contributed by atoms with E-state index in [1.54, 1.807) is 0 Å². The van der Waals surface area contributed by atoms with Crippen molar-refractivity contribution in [2.75, 3.05) is 19.6 Å². The van der Waals surface area contributed by atoms with Gasteiger partial charge in [-0.1, -0.05) is 6.92 Å². The second kappa shape index (κ2) is 6.45. The minimum Gasteiger partial charge on any atom is -0.317 e. The maximum Gasteiger partial charge on any atom is 0.270 e. The van der Waals surface area contributed by atoms with Crippen molar-refractivity contribution in [3.8, 4) is 0 Å². The van der Waals surface area contributed by atoms with E-state index in [1.165, 1.54) is 18.2 Å². The van der Waals surface area contributed by atoms with E-state index in [9.17, 15) is 19.7 Å². The van der Waals surface area contributed by atoms with Crippen LogP contribution < -0.4 is 5.32 Å². The van der Waals surface area contributed by atoms with Gasteiger partial charge in [0.25, 0.3) is 17.5 Å². The molecule has 1 aliphatic heterocycles. The van der Waals surface area contributed by atoms with E-state index in [2.05, 4.69) is 12.2 Å². The Morgan fingerprint density at radius 2 is 1.90 bits per heavy atom. The van der Waals surface area contributed by atoms with Crippen LogP contribution in [-0.2, 0) is 0 Å². The first-order valence-electron chi connectivity index (χ1n) is 6.91. The number of benzene rings is 1. The molecule has 0 aromatic heterocycles. The lowest BCUT2D eigenvalue weighted by molar-refractivity contribution is -0.384. The van der Waals surface area contributed by atoms with Crippen molar-refractivity contribution in [3.63, 3.8) is 0 Å². The number of nitrogens with zero attached hydrogens (tertiary/aromatic N) is 2. The number of fused-ring (bicyclic) bond motifs is 1. The average molecular weight is 291 g/mol. The van der Waals surface area contributed by atoms with Gasteiger partial charge in [0.1, 0.15) is 0 Å². The van der Waals surface area contributed by atoms with Crippen molar-refractivity contribution in [2.45, 2.75) is 19.8 Å². The Labute approximate surface area is 122 Å². The molecule has 7 nitrogen and oxygen atoms in total. The van der Waals surface area contributed by atoms with E-state index in [0.717, 1.165) is 24.4 Å². The summed E-state index contributed by atoms with van der Waals surface area (Å²) in [5, 5.41) is 13.9. The molecule has 0 spiro atoms. The molecule has 0 atom stereocenters. The molecule has 112 valence electrons. The zero-order valence-corrected chi connectivity index (χ0v) is 11.8. The number of nitrogens with one attached hydrogen (secondary N) is 1. The highest BCUT2D eigenvalue weighted by atomic mass is 16.6. The summed E-state index contributed by atoms with van der Waals surface area (Å²) >= 11 is 0. The lowest BCUT2D eigenvalue weighted by Crippen LogP contribution is -2.32. The Balaban J connectivity index is 2.06. The van der Waals surface area contributed by atoms with Gasteiger partial charge in [-0.2, -0.15) is 0 Å². The number of rotatable bonds is 7. The molecule has 0 fully saturated rings. The lowest BCUT2D eigenvalue weighted by Gasteiger charge is -2.13. The molecule has 1 aliphatic rings. The Bertz CT molecular complexity index is 586. The molecule has 1 aromatic rings. The number of non-ortho nitro benzene ring substituents is 1. The Kier molecular flexibility index (Phi) is 4.64. The molecule has 0 radical (unpaired) electrons. The highest BCUT2D eigenvalue weighted by Crippen LogP contribution is 2.26. The molecule has 0 saturated carbocycles. The van der Waals surface area contributed by atoms with Crippen LogP contribution in [0.3, 0.4) is 0 Å². The van der Waals surface area contributed by atoms with E-state index >= 15 is 0 Å². The van der Waals surface area contributed by atoms with E-state index in [4.69, 9.17) is 0 Å². The zero-order chi connectivity index (χ0) is 15.4. The van der Waals surface area contributed by atoms with Crippen molar-refractivity contribution in [3.05, 3.63) is 39.4 Å². The van der Waals surface area contributed by atoms with Gasteiger partial charge < -0.3 is 5.32 Å². The van der Waals surface area contributed by atoms with Gasteiger partial charge in [0.05, 0.1) is 16.1 Å². The summed E-state index contributed by atoms with van der Waals surface area (Å²) in [4.78, 5) is 35.6. The predicted molar refractivity (Wildman–Crippen MR) is 76.2 cm³/mol. The lowest BCUT2D eigenvalue weighted by atomic mass is 10.1. The standard InChI is InChI=1S/C14H17N3O4/c1-2-6-15-7-3-8-16-13(18)11-5-4-10(17(20)21)9-12(11)14(16)19/h4-5,9,15H,2-3,6-8H2,1H3. The summed E-state index contributed by atoms with van der Waals surface area (Å²) in [5.41, 5.74) is 0.184. The summed E-state index contributed by atoms with van der Waals surface area (Å²) in [6, 6.07) is 3.77. The fourth-order valence-corrected chi connectivity index (χ4v) is 2.26. The van der Waals surface area contributed by atoms with Crippen molar-refractivity contribution < 1.29 is 14.5 Å². The third-order valence-electron chi connectivity index (χ3n) is 3.33. The number of nitro groups is 1. The number of carbonyl (C=O) groups is 2. The van der Waals surface area contributed by atoms with Gasteiger partial charge in [-0.15, -0.1) is 0 Å². The average Bonchev–Trinajstić information content (AvgIpc) is 2.71. The molecule has 1 aromatic carbocycles. The predicted octanol–water partition coefficient (Wildman–Crippen LogP) is 1.58. The molecule has 21 heavy (non-hydrogen) atoms. The van der Waals surface area contributed by atoms with Crippen LogP contribution >= 0.6 is 0 Å². The highest BCUT2D eigenvalue weighted by Gasteiger charge is 2.36. The van der Waals surface area contributed by atoms with Gasteiger partial charge >= 0.3 is 0 Å². The van der Waals surface area contributed by atoms with Gasteiger partial charge in [0.2, 0.25) is 0 Å². The zero-order valence-electron chi connectivity index (χ0n) is 11.8. The largest absolute Gasteiger partial charge is 0.317 e. The summed E-state index contributed by atoms with van der Waals surface area (Å²) in [6.45, 7) is 4.00. The minimum atomic E-state index is -0.574. The summed E-state index contributed by atoms with van der Waals surface area (Å²) in [6.07, 6.45) is 1.68. The maximum absolute atomic E-state index is 12.2. The monoisotopic (exact) mass is 291 g/mol. The van der Waals surface area contributed by atoms with Crippen molar-refractivity contribution in [1.29, 1.82) is 0 Å². The quantitative estimate of drug-likeness (QED) is 0.356. The molecule has 1 heterocycles. The van der Waals surface area contributed by atoms with Gasteiger partial charge in [-0.3, -0.25) is 24.6 Å². The SMILES string of the molecule is CCCNCCCN1C(=O)c2ccc([N+](=O)[O-])cc2C1=O. The van der Waals surface area contributed by atoms with Gasteiger partial charge in [0, 0.05) is 18.7 Å². The van der Waals surface area contributed by atoms with Crippen molar-refractivity contribution in [1.82, 2.24) is 10.2 Å². The molecule has 0 aliphatic carbocycles. The minimum absolute atomic E-state index is 0.121. The number of imide groups is 1. The van der Waals surface area contributed by atoms with Crippen LogP contribution in [0.5, 0.6) is 0 Å². The van der Waals surface area contributed by atoms with E-state index < -0.39 is 10.8 Å². The van der Waals surface area contributed by atoms with Crippen molar-refractivity contribution >= 4 is 17.5 Å². The third kappa shape index (κ3) is 3.08. The van der Waals surface area contributed by atoms with Gasteiger partial charge in [-0.25, -0.2) is 0 Å². The first kappa shape index (κ1) is 15.1. The van der Waals surface area contributed by atoms with Crippen LogP contribution in [0, 0.1) is 10.1 Å². The second-order valence-electron chi connectivity index (χ2n) is 4.85. The number of hydrogen-bond donors (Lipinski definition) is 1. The Hall–Kier alpha value is -2.28. The molecule has 1 N–H and O–H groups in total. The summed E-state index contributed by atoms with van der Waals surface area (Å²) in [7, 11) is 0. The second-order valence-corrected chi connectivity index (χ2v) is 4.85. The topological polar surface area (TPSA) is 92.6 Å². The van der Waals surface area contributed by atoms with Gasteiger partial charge in [-0.05, 0) is 32.0 Å². The normalized spacial score (nSPS) is 13.7. The number of hydrogen-bond acceptors (Lipinski definition) is 5. The Morgan fingerprint density at radius 1 is 1.19 bits per heavy atom. The van der Waals surface area contributed by atoms with Crippen LogP contribution in [-0.4, -0.2) is 41.3 Å². The maximum atomic E-state index is 12.2.